The summed E-state index contributed by atoms with van der Waals surface area (Å²) in [6.45, 7) is 3.86. The lowest BCUT2D eigenvalue weighted by Gasteiger charge is -2.04. The number of aryl methyl sites for hydroxylation is 1. The van der Waals surface area contributed by atoms with Crippen molar-refractivity contribution >= 4 is 11.3 Å². The number of nitrogens with two attached hydrogens (primary N) is 1. The van der Waals surface area contributed by atoms with Gasteiger partial charge in [-0.2, -0.15) is 0 Å². The minimum absolute atomic E-state index is 0.633. The van der Waals surface area contributed by atoms with Gasteiger partial charge in [0.05, 0.1) is 0 Å². The fourth-order valence-corrected chi connectivity index (χ4v) is 2.63. The summed E-state index contributed by atoms with van der Waals surface area (Å²) in [5.41, 5.74) is 5.60. The van der Waals surface area contributed by atoms with Crippen LogP contribution in [-0.4, -0.2) is 9.55 Å². The van der Waals surface area contributed by atoms with E-state index in [1.807, 2.05) is 6.20 Å². The molecule has 4 heteroatoms. The Hall–Kier alpha value is -1.13. The molecule has 0 fully saturated rings. The molecule has 0 aliphatic carbocycles. The summed E-state index contributed by atoms with van der Waals surface area (Å²) in [5, 5.41) is 0. The standard InChI is InChI=1S/C12H17N3S/c1-2-6-15-7-5-14-12(15)8-10-3-4-11(9-13)16-10/h3-5,7H,2,6,8-9,13H2,1H3. The summed E-state index contributed by atoms with van der Waals surface area (Å²) in [4.78, 5) is 6.98. The summed E-state index contributed by atoms with van der Waals surface area (Å²) in [6.07, 6.45) is 5.98. The van der Waals surface area contributed by atoms with E-state index in [0.717, 1.165) is 25.2 Å². The van der Waals surface area contributed by atoms with E-state index < -0.39 is 0 Å². The van der Waals surface area contributed by atoms with Gasteiger partial charge in [-0.25, -0.2) is 4.98 Å². The van der Waals surface area contributed by atoms with Crippen molar-refractivity contribution in [1.29, 1.82) is 0 Å². The summed E-state index contributed by atoms with van der Waals surface area (Å²) in [6, 6.07) is 4.25. The molecule has 2 N–H and O–H groups in total. The van der Waals surface area contributed by atoms with E-state index in [-0.39, 0.29) is 0 Å². The fourth-order valence-electron chi connectivity index (χ4n) is 1.73. The van der Waals surface area contributed by atoms with E-state index in [0.29, 0.717) is 6.54 Å². The molecule has 3 nitrogen and oxygen atoms in total. The third-order valence-corrected chi connectivity index (χ3v) is 3.62. The van der Waals surface area contributed by atoms with E-state index in [9.17, 15) is 0 Å². The number of imidazole rings is 1. The topological polar surface area (TPSA) is 43.8 Å². The Kier molecular flexibility index (Phi) is 3.74. The highest BCUT2D eigenvalue weighted by Crippen LogP contribution is 2.19. The highest BCUT2D eigenvalue weighted by Gasteiger charge is 2.05. The lowest BCUT2D eigenvalue weighted by Crippen LogP contribution is -2.02. The molecule has 0 aromatic carbocycles. The Labute approximate surface area is 99.9 Å². The predicted molar refractivity (Wildman–Crippen MR) is 67.5 cm³/mol. The molecule has 0 aliphatic heterocycles. The first-order valence-corrected chi connectivity index (χ1v) is 6.42. The third-order valence-electron chi connectivity index (χ3n) is 2.52. The summed E-state index contributed by atoms with van der Waals surface area (Å²) < 4.78 is 2.22. The molecule has 2 rings (SSSR count). The normalized spacial score (nSPS) is 10.9. The molecule has 0 atom stereocenters. The Balaban J connectivity index is 2.10. The van der Waals surface area contributed by atoms with Gasteiger partial charge >= 0.3 is 0 Å². The number of aromatic nitrogens is 2. The molecule has 0 spiro atoms. The van der Waals surface area contributed by atoms with Crippen LogP contribution in [-0.2, 0) is 19.5 Å². The first kappa shape index (κ1) is 11.4. The van der Waals surface area contributed by atoms with Crippen LogP contribution >= 0.6 is 11.3 Å². The Morgan fingerprint density at radius 1 is 1.38 bits per heavy atom. The summed E-state index contributed by atoms with van der Waals surface area (Å²) >= 11 is 1.78. The van der Waals surface area contributed by atoms with Crippen molar-refractivity contribution in [1.82, 2.24) is 9.55 Å². The Morgan fingerprint density at radius 2 is 2.19 bits per heavy atom. The maximum absolute atomic E-state index is 5.60. The van der Waals surface area contributed by atoms with Crippen LogP contribution in [0, 0.1) is 0 Å². The average molecular weight is 235 g/mol. The minimum Gasteiger partial charge on any atom is -0.335 e. The molecule has 2 aromatic rings. The smallest absolute Gasteiger partial charge is 0.113 e. The van der Waals surface area contributed by atoms with Crippen molar-refractivity contribution in [2.24, 2.45) is 5.73 Å². The van der Waals surface area contributed by atoms with Crippen LogP contribution in [0.5, 0.6) is 0 Å². The molecular formula is C12H17N3S. The highest BCUT2D eigenvalue weighted by atomic mass is 32.1. The lowest BCUT2D eigenvalue weighted by molar-refractivity contribution is 0.648. The Morgan fingerprint density at radius 3 is 2.88 bits per heavy atom. The lowest BCUT2D eigenvalue weighted by atomic mass is 10.3. The van der Waals surface area contributed by atoms with Gasteiger partial charge in [0, 0.05) is 41.7 Å². The molecule has 2 aromatic heterocycles. The molecule has 0 saturated carbocycles. The second-order valence-corrected chi connectivity index (χ2v) is 5.04. The first-order chi connectivity index (χ1) is 7.83. The number of nitrogens with zero attached hydrogens (tertiary/aromatic N) is 2. The van der Waals surface area contributed by atoms with Gasteiger partial charge in [0.15, 0.2) is 0 Å². The van der Waals surface area contributed by atoms with Gasteiger partial charge in [-0.05, 0) is 18.6 Å². The first-order valence-electron chi connectivity index (χ1n) is 5.61. The molecule has 0 unspecified atom stereocenters. The van der Waals surface area contributed by atoms with Gasteiger partial charge in [-0.1, -0.05) is 6.92 Å². The van der Waals surface area contributed by atoms with Crippen LogP contribution in [0.3, 0.4) is 0 Å². The molecule has 2 heterocycles. The predicted octanol–water partition coefficient (Wildman–Crippen LogP) is 2.40. The largest absolute Gasteiger partial charge is 0.335 e. The van der Waals surface area contributed by atoms with Crippen LogP contribution in [0.2, 0.25) is 0 Å². The molecular weight excluding hydrogens is 218 g/mol. The van der Waals surface area contributed by atoms with E-state index in [1.54, 1.807) is 11.3 Å². The molecule has 86 valence electrons. The van der Waals surface area contributed by atoms with Gasteiger partial charge in [0.1, 0.15) is 5.82 Å². The zero-order chi connectivity index (χ0) is 11.4. The van der Waals surface area contributed by atoms with Gasteiger partial charge in [-0.3, -0.25) is 0 Å². The third kappa shape index (κ3) is 2.51. The van der Waals surface area contributed by atoms with E-state index in [2.05, 4.69) is 34.8 Å². The van der Waals surface area contributed by atoms with Crippen molar-refractivity contribution < 1.29 is 0 Å². The average Bonchev–Trinajstić information content (AvgIpc) is 2.90. The second-order valence-electron chi connectivity index (χ2n) is 3.79. The minimum atomic E-state index is 0.633. The maximum atomic E-state index is 5.60. The molecule has 0 aliphatic rings. The summed E-state index contributed by atoms with van der Waals surface area (Å²) in [5.74, 6) is 1.15. The van der Waals surface area contributed by atoms with Crippen LogP contribution < -0.4 is 5.73 Å². The van der Waals surface area contributed by atoms with E-state index in [4.69, 9.17) is 5.73 Å². The van der Waals surface area contributed by atoms with Gasteiger partial charge < -0.3 is 10.3 Å². The van der Waals surface area contributed by atoms with Crippen LogP contribution in [0.25, 0.3) is 0 Å². The molecule has 0 radical (unpaired) electrons. The Bertz CT molecular complexity index is 445. The number of hydrogen-bond donors (Lipinski definition) is 1. The number of rotatable bonds is 5. The molecule has 16 heavy (non-hydrogen) atoms. The SMILES string of the molecule is CCCn1ccnc1Cc1ccc(CN)s1. The summed E-state index contributed by atoms with van der Waals surface area (Å²) in [7, 11) is 0. The van der Waals surface area contributed by atoms with Crippen molar-refractivity contribution in [3.05, 3.63) is 40.1 Å². The fraction of sp³-hybridized carbons (Fsp3) is 0.417. The maximum Gasteiger partial charge on any atom is 0.113 e. The molecule has 0 saturated heterocycles. The zero-order valence-electron chi connectivity index (χ0n) is 9.52. The second kappa shape index (κ2) is 5.27. The van der Waals surface area contributed by atoms with E-state index >= 15 is 0 Å². The van der Waals surface area contributed by atoms with Crippen molar-refractivity contribution in [2.45, 2.75) is 32.9 Å². The van der Waals surface area contributed by atoms with Gasteiger partial charge in [-0.15, -0.1) is 11.3 Å². The highest BCUT2D eigenvalue weighted by molar-refractivity contribution is 7.12. The monoisotopic (exact) mass is 235 g/mol. The number of thiophene rings is 1. The van der Waals surface area contributed by atoms with Crippen LogP contribution in [0.4, 0.5) is 0 Å². The number of hydrogen-bond acceptors (Lipinski definition) is 3. The van der Waals surface area contributed by atoms with Crippen molar-refractivity contribution in [3.8, 4) is 0 Å². The molecule has 0 amide bonds. The van der Waals surface area contributed by atoms with Gasteiger partial charge in [0.2, 0.25) is 0 Å². The van der Waals surface area contributed by atoms with Gasteiger partial charge in [0.25, 0.3) is 0 Å². The van der Waals surface area contributed by atoms with Crippen molar-refractivity contribution in [2.75, 3.05) is 0 Å². The quantitative estimate of drug-likeness (QED) is 0.865. The van der Waals surface area contributed by atoms with E-state index in [1.165, 1.54) is 9.75 Å². The molecule has 0 bridgehead atoms. The zero-order valence-corrected chi connectivity index (χ0v) is 10.3. The van der Waals surface area contributed by atoms with Crippen LogP contribution in [0.1, 0.15) is 28.9 Å². The van der Waals surface area contributed by atoms with Crippen molar-refractivity contribution in [3.63, 3.8) is 0 Å². The van der Waals surface area contributed by atoms with Crippen LogP contribution in [0.15, 0.2) is 24.5 Å².